The molecule has 2 aromatic rings. The number of benzene rings is 2. The lowest BCUT2D eigenvalue weighted by molar-refractivity contribution is -0.151. The van der Waals surface area contributed by atoms with Gasteiger partial charge in [0.25, 0.3) is 5.91 Å². The topological polar surface area (TPSA) is 95.5 Å². The number of rotatable bonds is 7. The van der Waals surface area contributed by atoms with Gasteiger partial charge in [0.05, 0.1) is 5.71 Å². The first-order valence-corrected chi connectivity index (χ1v) is 8.60. The molecule has 0 aliphatic carbocycles. The molecule has 1 aliphatic heterocycles. The molecule has 1 N–H and O–H groups in total. The van der Waals surface area contributed by atoms with E-state index < -0.39 is 25.1 Å². The first kappa shape index (κ1) is 19.2. The van der Waals surface area contributed by atoms with Gasteiger partial charge in [0, 0.05) is 11.3 Å². The zero-order valence-corrected chi connectivity index (χ0v) is 15.6. The fourth-order valence-corrected chi connectivity index (χ4v) is 2.46. The molecule has 0 fully saturated rings. The number of fused-ring (bicyclic) bond motifs is 1. The highest BCUT2D eigenvalue weighted by molar-refractivity contribution is 5.99. The summed E-state index contributed by atoms with van der Waals surface area (Å²) in [5, 5.41) is 6.53. The van der Waals surface area contributed by atoms with Gasteiger partial charge in [-0.3, -0.25) is 4.79 Å². The number of hydrogen-bond acceptors (Lipinski definition) is 7. The zero-order valence-electron chi connectivity index (χ0n) is 15.6. The Bertz CT molecular complexity index is 909. The Kier molecular flexibility index (Phi) is 6.11. The van der Waals surface area contributed by atoms with Crippen LogP contribution in [-0.4, -0.2) is 37.6 Å². The van der Waals surface area contributed by atoms with Crippen molar-refractivity contribution in [1.82, 2.24) is 0 Å². The molecule has 2 aromatic carbocycles. The lowest BCUT2D eigenvalue weighted by Gasteiger charge is -2.07. The molecule has 0 aromatic heterocycles. The monoisotopic (exact) mass is 384 g/mol. The highest BCUT2D eigenvalue weighted by Crippen LogP contribution is 2.32. The van der Waals surface area contributed by atoms with E-state index in [-0.39, 0.29) is 6.79 Å². The molecule has 1 heterocycles. The maximum Gasteiger partial charge on any atom is 0.347 e. The van der Waals surface area contributed by atoms with E-state index in [9.17, 15) is 9.59 Å². The van der Waals surface area contributed by atoms with Crippen LogP contribution in [0.1, 0.15) is 18.1 Å². The first-order valence-electron chi connectivity index (χ1n) is 8.60. The van der Waals surface area contributed by atoms with E-state index >= 15 is 0 Å². The third-order valence-electron chi connectivity index (χ3n) is 3.84. The predicted molar refractivity (Wildman–Crippen MR) is 101 cm³/mol. The number of oxime groups is 1. The number of carbonyl (C=O) groups is 2. The van der Waals surface area contributed by atoms with Crippen molar-refractivity contribution in [3.63, 3.8) is 0 Å². The predicted octanol–water partition coefficient (Wildman–Crippen LogP) is 2.65. The van der Waals surface area contributed by atoms with Crippen LogP contribution < -0.4 is 14.8 Å². The summed E-state index contributed by atoms with van der Waals surface area (Å²) in [5.74, 6) is 0.177. The van der Waals surface area contributed by atoms with Crippen LogP contribution in [0.25, 0.3) is 0 Å². The number of nitrogens with one attached hydrogen (secondary N) is 1. The Hall–Kier alpha value is -3.55. The second-order valence-electron chi connectivity index (χ2n) is 6.10. The summed E-state index contributed by atoms with van der Waals surface area (Å²) >= 11 is 0. The van der Waals surface area contributed by atoms with Gasteiger partial charge >= 0.3 is 5.97 Å². The Morgan fingerprint density at radius 3 is 2.75 bits per heavy atom. The molecule has 28 heavy (non-hydrogen) atoms. The summed E-state index contributed by atoms with van der Waals surface area (Å²) in [5.41, 5.74) is 2.98. The van der Waals surface area contributed by atoms with Gasteiger partial charge in [-0.15, -0.1) is 0 Å². The number of carbonyl (C=O) groups excluding carboxylic acids is 2. The van der Waals surface area contributed by atoms with Crippen molar-refractivity contribution in [1.29, 1.82) is 0 Å². The van der Waals surface area contributed by atoms with Crippen molar-refractivity contribution >= 4 is 23.3 Å². The second kappa shape index (κ2) is 8.90. The van der Waals surface area contributed by atoms with Crippen molar-refractivity contribution in [2.24, 2.45) is 5.16 Å². The van der Waals surface area contributed by atoms with Gasteiger partial charge in [0.1, 0.15) is 0 Å². The molecular formula is C20H20N2O6. The van der Waals surface area contributed by atoms with Crippen molar-refractivity contribution in [2.75, 3.05) is 25.3 Å². The van der Waals surface area contributed by atoms with Gasteiger partial charge in [-0.05, 0) is 49.7 Å². The van der Waals surface area contributed by atoms with E-state index in [1.54, 1.807) is 25.1 Å². The maximum absolute atomic E-state index is 11.8. The molecule has 0 radical (unpaired) electrons. The molecule has 0 saturated heterocycles. The summed E-state index contributed by atoms with van der Waals surface area (Å²) < 4.78 is 15.4. The molecule has 146 valence electrons. The Balaban J connectivity index is 1.41. The van der Waals surface area contributed by atoms with Crippen LogP contribution in [0.3, 0.4) is 0 Å². The SMILES string of the molecule is C/C(=N/OCC(=O)OCC(=O)Nc1cccc(C)c1)c1ccc2c(c1)OCO2. The minimum absolute atomic E-state index is 0.189. The fourth-order valence-electron chi connectivity index (χ4n) is 2.46. The van der Waals surface area contributed by atoms with Crippen molar-refractivity contribution in [3.8, 4) is 11.5 Å². The summed E-state index contributed by atoms with van der Waals surface area (Å²) in [6, 6.07) is 12.7. The minimum Gasteiger partial charge on any atom is -0.454 e. The summed E-state index contributed by atoms with van der Waals surface area (Å²) in [7, 11) is 0. The second-order valence-corrected chi connectivity index (χ2v) is 6.10. The third-order valence-corrected chi connectivity index (χ3v) is 3.84. The van der Waals surface area contributed by atoms with Gasteiger partial charge in [0.15, 0.2) is 18.1 Å². The summed E-state index contributed by atoms with van der Waals surface area (Å²) in [6.45, 7) is 3.03. The molecule has 0 saturated carbocycles. The number of esters is 1. The van der Waals surface area contributed by atoms with Crippen LogP contribution in [0.15, 0.2) is 47.6 Å². The highest BCUT2D eigenvalue weighted by Gasteiger charge is 2.14. The summed E-state index contributed by atoms with van der Waals surface area (Å²) in [6.07, 6.45) is 0. The first-order chi connectivity index (χ1) is 13.5. The molecule has 1 amide bonds. The number of hydrogen-bond donors (Lipinski definition) is 1. The smallest absolute Gasteiger partial charge is 0.347 e. The van der Waals surface area contributed by atoms with Crippen molar-refractivity contribution < 1.29 is 28.6 Å². The van der Waals surface area contributed by atoms with Gasteiger partial charge < -0.3 is 24.4 Å². The molecular weight excluding hydrogens is 364 g/mol. The number of ether oxygens (including phenoxy) is 3. The fraction of sp³-hybridized carbons (Fsp3) is 0.250. The summed E-state index contributed by atoms with van der Waals surface area (Å²) in [4.78, 5) is 28.5. The molecule has 8 heteroatoms. The van der Waals surface area contributed by atoms with Crippen LogP contribution in [0.4, 0.5) is 5.69 Å². The Morgan fingerprint density at radius 1 is 1.11 bits per heavy atom. The minimum atomic E-state index is -0.693. The molecule has 0 atom stereocenters. The number of nitrogens with zero attached hydrogens (tertiary/aromatic N) is 1. The van der Waals surface area contributed by atoms with Crippen LogP contribution in [-0.2, 0) is 19.2 Å². The van der Waals surface area contributed by atoms with E-state index in [0.717, 1.165) is 11.1 Å². The van der Waals surface area contributed by atoms with E-state index in [4.69, 9.17) is 19.0 Å². The number of anilines is 1. The average molecular weight is 384 g/mol. The number of aryl methyl sites for hydroxylation is 1. The van der Waals surface area contributed by atoms with Crippen molar-refractivity contribution in [3.05, 3.63) is 53.6 Å². The molecule has 8 nitrogen and oxygen atoms in total. The van der Waals surface area contributed by atoms with E-state index in [2.05, 4.69) is 10.5 Å². The van der Waals surface area contributed by atoms with Gasteiger partial charge in [-0.2, -0.15) is 0 Å². The average Bonchev–Trinajstić information content (AvgIpc) is 3.14. The lowest BCUT2D eigenvalue weighted by atomic mass is 10.1. The molecule has 0 unspecified atom stereocenters. The third kappa shape index (κ3) is 5.23. The van der Waals surface area contributed by atoms with E-state index in [1.165, 1.54) is 0 Å². The van der Waals surface area contributed by atoms with Gasteiger partial charge in [-0.25, -0.2) is 4.79 Å². The maximum atomic E-state index is 11.8. The van der Waals surface area contributed by atoms with E-state index in [1.807, 2.05) is 31.2 Å². The van der Waals surface area contributed by atoms with Crippen LogP contribution in [0, 0.1) is 6.92 Å². The Morgan fingerprint density at radius 2 is 1.93 bits per heavy atom. The lowest BCUT2D eigenvalue weighted by Crippen LogP contribution is -2.22. The number of amides is 1. The standard InChI is InChI=1S/C20H20N2O6/c1-13-4-3-5-16(8-13)21-19(23)10-25-20(24)11-28-22-14(2)15-6-7-17-18(9-15)27-12-26-17/h3-9H,10-12H2,1-2H3,(H,21,23)/b22-14-. The van der Waals surface area contributed by atoms with Crippen molar-refractivity contribution in [2.45, 2.75) is 13.8 Å². The van der Waals surface area contributed by atoms with Gasteiger partial charge in [-0.1, -0.05) is 17.3 Å². The molecule has 3 rings (SSSR count). The van der Waals surface area contributed by atoms with Gasteiger partial charge in [0.2, 0.25) is 13.4 Å². The zero-order chi connectivity index (χ0) is 19.9. The quantitative estimate of drug-likeness (QED) is 0.448. The van der Waals surface area contributed by atoms with E-state index in [0.29, 0.717) is 22.9 Å². The Labute approximate surface area is 162 Å². The van der Waals surface area contributed by atoms with Crippen LogP contribution >= 0.6 is 0 Å². The highest BCUT2D eigenvalue weighted by atomic mass is 16.7. The van der Waals surface area contributed by atoms with Crippen LogP contribution in [0.5, 0.6) is 11.5 Å². The molecule has 1 aliphatic rings. The molecule has 0 bridgehead atoms. The van der Waals surface area contributed by atoms with Crippen LogP contribution in [0.2, 0.25) is 0 Å². The molecule has 0 spiro atoms. The largest absolute Gasteiger partial charge is 0.454 e. The normalized spacial score (nSPS) is 12.4.